The zero-order valence-electron chi connectivity index (χ0n) is 16.9. The molecule has 0 unspecified atom stereocenters. The lowest BCUT2D eigenvalue weighted by Gasteiger charge is -2.24. The number of carbonyl (C=O) groups is 2. The summed E-state index contributed by atoms with van der Waals surface area (Å²) in [7, 11) is -1.99. The van der Waals surface area contributed by atoms with Crippen LogP contribution >= 0.6 is 7.60 Å². The van der Waals surface area contributed by atoms with E-state index in [1.54, 1.807) is 27.0 Å². The average molecular weight is 426 g/mol. The maximum Gasteiger partial charge on any atom is 0.341 e. The van der Waals surface area contributed by atoms with E-state index >= 15 is 0 Å². The van der Waals surface area contributed by atoms with Crippen LogP contribution in [0.15, 0.2) is 36.4 Å². The van der Waals surface area contributed by atoms with Crippen molar-refractivity contribution in [3.05, 3.63) is 42.0 Å². The van der Waals surface area contributed by atoms with Crippen LogP contribution in [-0.2, 0) is 39.3 Å². The van der Waals surface area contributed by atoms with E-state index in [-0.39, 0.29) is 25.4 Å². The Morgan fingerprint density at radius 2 is 1.79 bits per heavy atom. The molecule has 1 aliphatic rings. The summed E-state index contributed by atoms with van der Waals surface area (Å²) in [6.07, 6.45) is 1.24. The van der Waals surface area contributed by atoms with E-state index < -0.39 is 31.9 Å². The van der Waals surface area contributed by atoms with E-state index in [1.807, 2.05) is 24.3 Å². The van der Waals surface area contributed by atoms with Crippen molar-refractivity contribution in [3.63, 3.8) is 0 Å². The molecule has 1 aromatic rings. The Morgan fingerprint density at radius 1 is 1.14 bits per heavy atom. The van der Waals surface area contributed by atoms with Crippen LogP contribution in [0.2, 0.25) is 0 Å². The summed E-state index contributed by atoms with van der Waals surface area (Å²) < 4.78 is 38.8. The Kier molecular flexibility index (Phi) is 9.04. The van der Waals surface area contributed by atoms with E-state index in [2.05, 4.69) is 0 Å². The molecule has 29 heavy (non-hydrogen) atoms. The topological polar surface area (TPSA) is 97.4 Å². The van der Waals surface area contributed by atoms with Crippen molar-refractivity contribution in [1.82, 2.24) is 0 Å². The summed E-state index contributed by atoms with van der Waals surface area (Å²) in [4.78, 5) is 24.3. The van der Waals surface area contributed by atoms with E-state index in [0.717, 1.165) is 11.3 Å². The van der Waals surface area contributed by atoms with Gasteiger partial charge in [-0.1, -0.05) is 18.2 Å². The highest BCUT2D eigenvalue weighted by Gasteiger charge is 2.33. The lowest BCUT2D eigenvalue weighted by molar-refractivity contribution is -0.153. The third kappa shape index (κ3) is 7.40. The number of methoxy groups -OCH3 is 1. The first-order valence-corrected chi connectivity index (χ1v) is 11.2. The second-order valence-electron chi connectivity index (χ2n) is 6.28. The van der Waals surface area contributed by atoms with E-state index in [1.165, 1.54) is 6.08 Å². The van der Waals surface area contributed by atoms with Crippen molar-refractivity contribution in [2.24, 2.45) is 0 Å². The SMILES string of the molecule is CCOP(=O)(CC(=O)O[C@H]1C[C@H](OCc2ccc(OC)cc2)C=CC1=O)OCC. The van der Waals surface area contributed by atoms with Crippen LogP contribution in [0.25, 0.3) is 0 Å². The van der Waals surface area contributed by atoms with Gasteiger partial charge in [-0.25, -0.2) is 0 Å². The first kappa shape index (κ1) is 23.3. The zero-order valence-corrected chi connectivity index (χ0v) is 17.8. The highest BCUT2D eigenvalue weighted by molar-refractivity contribution is 7.54. The largest absolute Gasteiger partial charge is 0.497 e. The van der Waals surface area contributed by atoms with Crippen LogP contribution in [0.3, 0.4) is 0 Å². The molecule has 2 rings (SSSR count). The predicted octanol–water partition coefficient (Wildman–Crippen LogP) is 3.29. The molecule has 0 saturated heterocycles. The van der Waals surface area contributed by atoms with Gasteiger partial charge in [0.05, 0.1) is 33.0 Å². The fourth-order valence-electron chi connectivity index (χ4n) is 2.75. The normalized spacial score (nSPS) is 19.2. The Bertz CT molecular complexity index is 748. The van der Waals surface area contributed by atoms with Gasteiger partial charge in [0.2, 0.25) is 0 Å². The Labute approximate surface area is 170 Å². The molecule has 2 atom stereocenters. The molecular weight excluding hydrogens is 399 g/mol. The van der Waals surface area contributed by atoms with E-state index in [0.29, 0.717) is 6.61 Å². The summed E-state index contributed by atoms with van der Waals surface area (Å²) in [6.45, 7) is 3.90. The molecule has 0 heterocycles. The fraction of sp³-hybridized carbons (Fsp3) is 0.500. The minimum atomic E-state index is -3.58. The number of ketones is 1. The monoisotopic (exact) mass is 426 g/mol. The van der Waals surface area contributed by atoms with Gasteiger partial charge in [-0.15, -0.1) is 0 Å². The molecule has 0 aromatic heterocycles. The van der Waals surface area contributed by atoms with Gasteiger partial charge < -0.3 is 23.3 Å². The number of hydrogen-bond donors (Lipinski definition) is 0. The summed E-state index contributed by atoms with van der Waals surface area (Å²) in [6, 6.07) is 7.43. The smallest absolute Gasteiger partial charge is 0.341 e. The molecule has 0 N–H and O–H groups in total. The number of hydrogen-bond acceptors (Lipinski definition) is 8. The van der Waals surface area contributed by atoms with Crippen molar-refractivity contribution in [3.8, 4) is 5.75 Å². The molecule has 8 nitrogen and oxygen atoms in total. The third-order valence-corrected chi connectivity index (χ3v) is 6.06. The average Bonchev–Trinajstić information content (AvgIpc) is 2.69. The van der Waals surface area contributed by atoms with Crippen LogP contribution in [0.1, 0.15) is 25.8 Å². The molecule has 0 radical (unpaired) electrons. The molecule has 9 heteroatoms. The second kappa shape index (κ2) is 11.3. The van der Waals surface area contributed by atoms with Crippen LogP contribution in [0.4, 0.5) is 0 Å². The van der Waals surface area contributed by atoms with Gasteiger partial charge in [0.15, 0.2) is 11.9 Å². The second-order valence-corrected chi connectivity index (χ2v) is 8.33. The zero-order chi connectivity index (χ0) is 21.3. The predicted molar refractivity (Wildman–Crippen MR) is 106 cm³/mol. The number of benzene rings is 1. The van der Waals surface area contributed by atoms with Crippen molar-refractivity contribution in [2.45, 2.75) is 39.1 Å². The first-order valence-electron chi connectivity index (χ1n) is 9.43. The Morgan fingerprint density at radius 3 is 2.38 bits per heavy atom. The van der Waals surface area contributed by atoms with Crippen molar-refractivity contribution in [1.29, 1.82) is 0 Å². The minimum absolute atomic E-state index is 0.136. The Hall–Kier alpha value is -1.99. The summed E-state index contributed by atoms with van der Waals surface area (Å²) in [5.41, 5.74) is 0.944. The molecule has 0 amide bonds. The lowest BCUT2D eigenvalue weighted by Crippen LogP contribution is -2.34. The van der Waals surface area contributed by atoms with Crippen molar-refractivity contribution >= 4 is 19.3 Å². The molecule has 0 saturated carbocycles. The van der Waals surface area contributed by atoms with E-state index in [9.17, 15) is 14.2 Å². The van der Waals surface area contributed by atoms with Gasteiger partial charge in [-0.3, -0.25) is 14.2 Å². The maximum atomic E-state index is 12.4. The molecule has 0 spiro atoms. The van der Waals surface area contributed by atoms with Gasteiger partial charge in [-0.2, -0.15) is 0 Å². The molecule has 0 fully saturated rings. The van der Waals surface area contributed by atoms with Crippen LogP contribution in [-0.4, -0.2) is 50.4 Å². The Balaban J connectivity index is 1.89. The van der Waals surface area contributed by atoms with Crippen molar-refractivity contribution in [2.75, 3.05) is 26.5 Å². The molecular formula is C20H27O8P. The third-order valence-electron chi connectivity index (χ3n) is 4.11. The van der Waals surface area contributed by atoms with Gasteiger partial charge in [0.1, 0.15) is 11.9 Å². The minimum Gasteiger partial charge on any atom is -0.497 e. The van der Waals surface area contributed by atoms with Crippen LogP contribution < -0.4 is 4.74 Å². The molecule has 0 aliphatic heterocycles. The quantitative estimate of drug-likeness (QED) is 0.393. The number of esters is 1. The number of ether oxygens (including phenoxy) is 3. The highest BCUT2D eigenvalue weighted by atomic mass is 31.2. The van der Waals surface area contributed by atoms with Crippen molar-refractivity contribution < 1.29 is 37.4 Å². The standard InChI is InChI=1S/C20H27O8P/c1-4-26-29(23,27-5-2)14-20(22)28-19-12-17(10-11-18(19)21)25-13-15-6-8-16(24-3)9-7-15/h6-11,17,19H,4-5,12-14H2,1-3H3/t17-,19+/m1/s1. The number of rotatable bonds is 11. The summed E-state index contributed by atoms with van der Waals surface area (Å²) in [5.74, 6) is -0.400. The molecule has 0 bridgehead atoms. The molecule has 160 valence electrons. The summed E-state index contributed by atoms with van der Waals surface area (Å²) in [5, 5.41) is 0. The lowest BCUT2D eigenvalue weighted by atomic mass is 10.0. The first-order chi connectivity index (χ1) is 13.9. The van der Waals surface area contributed by atoms with Gasteiger partial charge in [-0.05, 0) is 37.6 Å². The summed E-state index contributed by atoms with van der Waals surface area (Å²) >= 11 is 0. The van der Waals surface area contributed by atoms with Crippen LogP contribution in [0.5, 0.6) is 5.75 Å². The van der Waals surface area contributed by atoms with Crippen LogP contribution in [0, 0.1) is 0 Å². The fourth-order valence-corrected chi connectivity index (χ4v) is 4.18. The number of carbonyl (C=O) groups excluding carboxylic acids is 2. The molecule has 1 aromatic carbocycles. The maximum absolute atomic E-state index is 12.4. The van der Waals surface area contributed by atoms with Gasteiger partial charge in [0.25, 0.3) is 0 Å². The molecule has 1 aliphatic carbocycles. The van der Waals surface area contributed by atoms with E-state index in [4.69, 9.17) is 23.3 Å². The van der Waals surface area contributed by atoms with Gasteiger partial charge in [0, 0.05) is 6.42 Å². The van der Waals surface area contributed by atoms with Gasteiger partial charge >= 0.3 is 13.6 Å². The highest BCUT2D eigenvalue weighted by Crippen LogP contribution is 2.47.